The number of carbonyl (C=O) groups excluding carboxylic acids is 1. The lowest BCUT2D eigenvalue weighted by Crippen LogP contribution is -2.18. The Bertz CT molecular complexity index is 763. The van der Waals surface area contributed by atoms with Gasteiger partial charge >= 0.3 is 5.97 Å². The molecular formula is C18H17NO4. The fraction of sp³-hybridized carbons (Fsp3) is 0.222. The molecule has 118 valence electrons. The van der Waals surface area contributed by atoms with Crippen LogP contribution in [0, 0.1) is 5.92 Å². The van der Waals surface area contributed by atoms with Crippen LogP contribution in [-0.4, -0.2) is 35.1 Å². The van der Waals surface area contributed by atoms with Crippen LogP contribution in [0.2, 0.25) is 0 Å². The van der Waals surface area contributed by atoms with Crippen LogP contribution in [0.15, 0.2) is 42.5 Å². The Hall–Kier alpha value is -2.66. The Labute approximate surface area is 133 Å². The van der Waals surface area contributed by atoms with Crippen molar-refractivity contribution in [2.75, 3.05) is 13.1 Å². The topological polar surface area (TPSA) is 86.6 Å². The third-order valence-electron chi connectivity index (χ3n) is 4.10. The summed E-state index contributed by atoms with van der Waals surface area (Å²) >= 11 is 0. The molecule has 0 bridgehead atoms. The van der Waals surface area contributed by atoms with E-state index in [4.69, 9.17) is 5.11 Å². The molecular weight excluding hydrogens is 294 g/mol. The van der Waals surface area contributed by atoms with E-state index in [1.54, 1.807) is 24.3 Å². The Morgan fingerprint density at radius 3 is 2.61 bits per heavy atom. The van der Waals surface area contributed by atoms with E-state index in [0.29, 0.717) is 23.2 Å². The van der Waals surface area contributed by atoms with Crippen LogP contribution in [0.5, 0.6) is 5.75 Å². The number of hydrogen-bond donors (Lipinski definition) is 3. The predicted molar refractivity (Wildman–Crippen MR) is 85.8 cm³/mol. The summed E-state index contributed by atoms with van der Waals surface area (Å²) in [6.07, 6.45) is 0.799. The molecule has 3 rings (SSSR count). The van der Waals surface area contributed by atoms with E-state index >= 15 is 0 Å². The molecule has 5 heteroatoms. The molecule has 1 aliphatic rings. The molecule has 23 heavy (non-hydrogen) atoms. The number of carboxylic acids is 1. The first-order valence-corrected chi connectivity index (χ1v) is 7.48. The van der Waals surface area contributed by atoms with Crippen molar-refractivity contribution in [3.63, 3.8) is 0 Å². The van der Waals surface area contributed by atoms with Crippen molar-refractivity contribution in [1.29, 1.82) is 0 Å². The van der Waals surface area contributed by atoms with Crippen molar-refractivity contribution in [1.82, 2.24) is 5.32 Å². The maximum atomic E-state index is 12.7. The number of benzene rings is 2. The van der Waals surface area contributed by atoms with Crippen LogP contribution >= 0.6 is 0 Å². The van der Waals surface area contributed by atoms with E-state index in [1.165, 1.54) is 18.2 Å². The minimum atomic E-state index is -1.12. The molecule has 1 aliphatic heterocycles. The summed E-state index contributed by atoms with van der Waals surface area (Å²) in [4.78, 5) is 23.9. The number of rotatable bonds is 4. The standard InChI is InChI=1S/C18H17NO4/c20-14-8-12(7-13(9-14)18(22)23)15-3-1-2-4-16(15)17(21)11-5-6-19-10-11/h1-4,7-9,11,19-20H,5-6,10H2,(H,22,23). The number of phenols is 1. The van der Waals surface area contributed by atoms with Gasteiger partial charge in [0.2, 0.25) is 0 Å². The molecule has 0 aliphatic carbocycles. The van der Waals surface area contributed by atoms with Crippen molar-refractivity contribution in [2.24, 2.45) is 5.92 Å². The van der Waals surface area contributed by atoms with Gasteiger partial charge in [0.1, 0.15) is 5.75 Å². The summed E-state index contributed by atoms with van der Waals surface area (Å²) in [5.41, 5.74) is 1.72. The van der Waals surface area contributed by atoms with E-state index < -0.39 is 5.97 Å². The average Bonchev–Trinajstić information content (AvgIpc) is 3.08. The van der Waals surface area contributed by atoms with E-state index in [1.807, 2.05) is 0 Å². The predicted octanol–water partition coefficient (Wildman–Crippen LogP) is 2.55. The smallest absolute Gasteiger partial charge is 0.335 e. The van der Waals surface area contributed by atoms with Gasteiger partial charge in [-0.3, -0.25) is 4.79 Å². The monoisotopic (exact) mass is 311 g/mol. The van der Waals surface area contributed by atoms with Crippen molar-refractivity contribution in [3.8, 4) is 16.9 Å². The van der Waals surface area contributed by atoms with Crippen LogP contribution in [-0.2, 0) is 0 Å². The zero-order valence-corrected chi connectivity index (χ0v) is 12.5. The molecule has 0 amide bonds. The molecule has 1 heterocycles. The van der Waals surface area contributed by atoms with Gasteiger partial charge < -0.3 is 15.5 Å². The number of phenolic OH excluding ortho intramolecular Hbond substituents is 1. The summed E-state index contributed by atoms with van der Waals surface area (Å²) in [7, 11) is 0. The third kappa shape index (κ3) is 3.10. The number of hydrogen-bond acceptors (Lipinski definition) is 4. The van der Waals surface area contributed by atoms with Crippen molar-refractivity contribution in [3.05, 3.63) is 53.6 Å². The van der Waals surface area contributed by atoms with Crippen LogP contribution in [0.3, 0.4) is 0 Å². The Morgan fingerprint density at radius 1 is 1.13 bits per heavy atom. The lowest BCUT2D eigenvalue weighted by atomic mass is 9.90. The van der Waals surface area contributed by atoms with Gasteiger partial charge in [-0.15, -0.1) is 0 Å². The highest BCUT2D eigenvalue weighted by Gasteiger charge is 2.25. The summed E-state index contributed by atoms with van der Waals surface area (Å²) in [6, 6.07) is 11.3. The molecule has 1 atom stereocenters. The number of aromatic carboxylic acids is 1. The van der Waals surface area contributed by atoms with Gasteiger partial charge in [0.25, 0.3) is 0 Å². The molecule has 2 aromatic rings. The van der Waals surface area contributed by atoms with Gasteiger partial charge in [-0.05, 0) is 42.3 Å². The van der Waals surface area contributed by atoms with E-state index in [9.17, 15) is 14.7 Å². The maximum absolute atomic E-state index is 12.7. The van der Waals surface area contributed by atoms with Crippen molar-refractivity contribution >= 4 is 11.8 Å². The van der Waals surface area contributed by atoms with Gasteiger partial charge in [-0.2, -0.15) is 0 Å². The van der Waals surface area contributed by atoms with Gasteiger partial charge in [0.05, 0.1) is 5.56 Å². The zero-order chi connectivity index (χ0) is 16.4. The largest absolute Gasteiger partial charge is 0.508 e. The lowest BCUT2D eigenvalue weighted by Gasteiger charge is -2.13. The van der Waals surface area contributed by atoms with E-state index in [2.05, 4.69) is 5.32 Å². The number of nitrogens with one attached hydrogen (secondary N) is 1. The highest BCUT2D eigenvalue weighted by molar-refractivity contribution is 6.04. The normalized spacial score (nSPS) is 17.1. The molecule has 1 saturated heterocycles. The minimum Gasteiger partial charge on any atom is -0.508 e. The second kappa shape index (κ2) is 6.22. The second-order valence-corrected chi connectivity index (χ2v) is 5.67. The molecule has 2 aromatic carbocycles. The molecule has 0 spiro atoms. The first kappa shape index (κ1) is 15.2. The van der Waals surface area contributed by atoms with Gasteiger partial charge in [0, 0.05) is 18.0 Å². The van der Waals surface area contributed by atoms with Gasteiger partial charge in [-0.1, -0.05) is 24.3 Å². The first-order chi connectivity index (χ1) is 11.1. The van der Waals surface area contributed by atoms with Crippen LogP contribution in [0.1, 0.15) is 27.1 Å². The lowest BCUT2D eigenvalue weighted by molar-refractivity contribution is 0.0696. The number of carbonyl (C=O) groups is 2. The highest BCUT2D eigenvalue weighted by Crippen LogP contribution is 2.30. The fourth-order valence-corrected chi connectivity index (χ4v) is 2.94. The fourth-order valence-electron chi connectivity index (χ4n) is 2.94. The van der Waals surface area contributed by atoms with E-state index in [0.717, 1.165) is 13.0 Å². The number of aromatic hydroxyl groups is 1. The maximum Gasteiger partial charge on any atom is 0.335 e. The number of Topliss-reactive ketones (excluding diaryl/α,β-unsaturated/α-hetero) is 1. The molecule has 0 saturated carbocycles. The molecule has 0 radical (unpaired) electrons. The third-order valence-corrected chi connectivity index (χ3v) is 4.10. The molecule has 0 aromatic heterocycles. The Balaban J connectivity index is 2.07. The summed E-state index contributed by atoms with van der Waals surface area (Å²) in [5, 5.41) is 22.1. The summed E-state index contributed by atoms with van der Waals surface area (Å²) in [5.74, 6) is -1.27. The van der Waals surface area contributed by atoms with Crippen molar-refractivity contribution < 1.29 is 19.8 Å². The van der Waals surface area contributed by atoms with Crippen molar-refractivity contribution in [2.45, 2.75) is 6.42 Å². The molecule has 1 fully saturated rings. The Morgan fingerprint density at radius 2 is 1.91 bits per heavy atom. The second-order valence-electron chi connectivity index (χ2n) is 5.67. The first-order valence-electron chi connectivity index (χ1n) is 7.48. The SMILES string of the molecule is O=C(O)c1cc(O)cc(-c2ccccc2C(=O)C2CCNC2)c1. The zero-order valence-electron chi connectivity index (χ0n) is 12.5. The van der Waals surface area contributed by atoms with Crippen LogP contribution < -0.4 is 5.32 Å². The highest BCUT2D eigenvalue weighted by atomic mass is 16.4. The minimum absolute atomic E-state index is 0.00946. The quantitative estimate of drug-likeness (QED) is 0.755. The number of carboxylic acid groups (broad SMARTS) is 1. The summed E-state index contributed by atoms with van der Waals surface area (Å²) in [6.45, 7) is 1.49. The van der Waals surface area contributed by atoms with Crippen LogP contribution in [0.4, 0.5) is 0 Å². The molecule has 1 unspecified atom stereocenters. The average molecular weight is 311 g/mol. The van der Waals surface area contributed by atoms with Crippen LogP contribution in [0.25, 0.3) is 11.1 Å². The number of ketones is 1. The van der Waals surface area contributed by atoms with E-state index in [-0.39, 0.29) is 23.0 Å². The van der Waals surface area contributed by atoms with Gasteiger partial charge in [0.15, 0.2) is 5.78 Å². The summed E-state index contributed by atoms with van der Waals surface area (Å²) < 4.78 is 0. The molecule has 5 nitrogen and oxygen atoms in total. The Kier molecular flexibility index (Phi) is 4.12. The van der Waals surface area contributed by atoms with Gasteiger partial charge in [-0.25, -0.2) is 4.79 Å². The molecule has 3 N–H and O–H groups in total.